The number of benzene rings is 1. The summed E-state index contributed by atoms with van der Waals surface area (Å²) in [5, 5.41) is 3.78. The van der Waals surface area contributed by atoms with Crippen molar-refractivity contribution in [2.75, 3.05) is 25.0 Å². The predicted molar refractivity (Wildman–Crippen MR) is 95.5 cm³/mol. The molecule has 1 amide bonds. The van der Waals surface area contributed by atoms with Crippen LogP contribution in [0.2, 0.25) is 10.0 Å². The number of nitrogens with one attached hydrogen (secondary N) is 1. The Hall–Kier alpha value is -1.30. The number of carbonyl (C=O) groups excluding carboxylic acids is 2. The molecule has 1 heterocycles. The molecule has 1 aromatic carbocycles. The van der Waals surface area contributed by atoms with Gasteiger partial charge in [-0.3, -0.25) is 14.5 Å². The number of ether oxygens (including phenoxy) is 1. The van der Waals surface area contributed by atoms with Crippen LogP contribution >= 0.6 is 23.2 Å². The van der Waals surface area contributed by atoms with E-state index in [0.29, 0.717) is 48.3 Å². The molecule has 7 heteroatoms. The zero-order valence-electron chi connectivity index (χ0n) is 13.9. The molecule has 2 rings (SSSR count). The van der Waals surface area contributed by atoms with Gasteiger partial charge in [0.2, 0.25) is 5.91 Å². The number of rotatable bonds is 5. The average molecular weight is 373 g/mol. The van der Waals surface area contributed by atoms with Crippen molar-refractivity contribution in [3.8, 4) is 0 Å². The quantitative estimate of drug-likeness (QED) is 0.802. The summed E-state index contributed by atoms with van der Waals surface area (Å²) in [5.74, 6) is -0.325. The van der Waals surface area contributed by atoms with Crippen LogP contribution in [-0.4, -0.2) is 42.5 Å². The molecule has 0 radical (unpaired) electrons. The molecule has 0 bridgehead atoms. The minimum Gasteiger partial charge on any atom is -0.466 e. The lowest BCUT2D eigenvalue weighted by Gasteiger charge is -2.34. The van der Waals surface area contributed by atoms with Crippen LogP contribution in [0.5, 0.6) is 0 Å². The number of nitrogens with zero attached hydrogens (tertiary/aromatic N) is 1. The molecule has 132 valence electrons. The van der Waals surface area contributed by atoms with Crippen LogP contribution in [-0.2, 0) is 14.3 Å². The van der Waals surface area contributed by atoms with Gasteiger partial charge in [0, 0.05) is 15.7 Å². The van der Waals surface area contributed by atoms with Crippen molar-refractivity contribution >= 4 is 40.8 Å². The molecule has 5 nitrogen and oxygen atoms in total. The molecule has 1 fully saturated rings. The molecule has 0 spiro atoms. The minimum absolute atomic E-state index is 0.0665. The highest BCUT2D eigenvalue weighted by Crippen LogP contribution is 2.24. The fraction of sp³-hybridized carbons (Fsp3) is 0.529. The first-order valence-corrected chi connectivity index (χ1v) is 8.84. The van der Waals surface area contributed by atoms with Gasteiger partial charge in [0.15, 0.2) is 0 Å². The lowest BCUT2D eigenvalue weighted by Crippen LogP contribution is -2.47. The molecule has 0 aliphatic carbocycles. The summed E-state index contributed by atoms with van der Waals surface area (Å²) in [6.07, 6.45) is 1.42. The van der Waals surface area contributed by atoms with E-state index in [-0.39, 0.29) is 23.8 Å². The van der Waals surface area contributed by atoms with E-state index in [2.05, 4.69) is 10.2 Å². The Kier molecular flexibility index (Phi) is 6.90. The van der Waals surface area contributed by atoms with Gasteiger partial charge in [0.05, 0.1) is 18.6 Å². The first-order valence-electron chi connectivity index (χ1n) is 8.08. The molecule has 1 aliphatic heterocycles. The van der Waals surface area contributed by atoms with Gasteiger partial charge in [0.1, 0.15) is 0 Å². The van der Waals surface area contributed by atoms with Gasteiger partial charge in [-0.25, -0.2) is 0 Å². The number of esters is 1. The second-order valence-corrected chi connectivity index (χ2v) is 6.76. The van der Waals surface area contributed by atoms with Crippen molar-refractivity contribution in [2.45, 2.75) is 32.7 Å². The van der Waals surface area contributed by atoms with Gasteiger partial charge in [-0.15, -0.1) is 0 Å². The molecule has 0 saturated carbocycles. The van der Waals surface area contributed by atoms with Gasteiger partial charge in [-0.05, 0) is 58.0 Å². The van der Waals surface area contributed by atoms with E-state index in [1.165, 1.54) is 0 Å². The highest BCUT2D eigenvalue weighted by atomic mass is 35.5. The van der Waals surface area contributed by atoms with Crippen molar-refractivity contribution in [2.24, 2.45) is 5.92 Å². The van der Waals surface area contributed by atoms with Crippen molar-refractivity contribution < 1.29 is 14.3 Å². The lowest BCUT2D eigenvalue weighted by atomic mass is 9.96. The standard InChI is InChI=1S/C17H22Cl2N2O3/c1-3-24-17(23)12-4-6-21(7-5-12)11(2)16(22)20-15-9-13(18)8-14(19)10-15/h8-12H,3-7H2,1-2H3,(H,20,22)/t11-/m1/s1. The van der Waals surface area contributed by atoms with Crippen LogP contribution in [0.1, 0.15) is 26.7 Å². The van der Waals surface area contributed by atoms with E-state index < -0.39 is 0 Å². The Labute approximate surface area is 152 Å². The molecule has 1 atom stereocenters. The maximum absolute atomic E-state index is 12.4. The van der Waals surface area contributed by atoms with Crippen molar-refractivity contribution in [1.29, 1.82) is 0 Å². The van der Waals surface area contributed by atoms with Gasteiger partial charge < -0.3 is 10.1 Å². The molecule has 24 heavy (non-hydrogen) atoms. The number of hydrogen-bond donors (Lipinski definition) is 1. The zero-order valence-corrected chi connectivity index (χ0v) is 15.4. The summed E-state index contributed by atoms with van der Waals surface area (Å²) in [4.78, 5) is 26.3. The Balaban J connectivity index is 1.89. The van der Waals surface area contributed by atoms with E-state index in [9.17, 15) is 9.59 Å². The maximum atomic E-state index is 12.4. The van der Waals surface area contributed by atoms with E-state index >= 15 is 0 Å². The van der Waals surface area contributed by atoms with E-state index in [4.69, 9.17) is 27.9 Å². The normalized spacial score (nSPS) is 17.3. The molecular weight excluding hydrogens is 351 g/mol. The van der Waals surface area contributed by atoms with Crippen LogP contribution in [0, 0.1) is 5.92 Å². The summed E-state index contributed by atoms with van der Waals surface area (Å²) in [6, 6.07) is 4.63. The van der Waals surface area contributed by atoms with E-state index in [0.717, 1.165) is 0 Å². The average Bonchev–Trinajstić information content (AvgIpc) is 2.53. The summed E-state index contributed by atoms with van der Waals surface area (Å²) in [7, 11) is 0. The highest BCUT2D eigenvalue weighted by molar-refractivity contribution is 6.35. The van der Waals surface area contributed by atoms with Crippen molar-refractivity contribution in [3.63, 3.8) is 0 Å². The Morgan fingerprint density at radius 3 is 2.38 bits per heavy atom. The molecule has 1 aromatic rings. The van der Waals surface area contributed by atoms with Crippen molar-refractivity contribution in [3.05, 3.63) is 28.2 Å². The van der Waals surface area contributed by atoms with Crippen LogP contribution < -0.4 is 5.32 Å². The van der Waals surface area contributed by atoms with Gasteiger partial charge in [0.25, 0.3) is 0 Å². The number of halogens is 2. The third-order valence-electron chi connectivity index (χ3n) is 4.21. The Morgan fingerprint density at radius 1 is 1.25 bits per heavy atom. The fourth-order valence-corrected chi connectivity index (χ4v) is 3.35. The van der Waals surface area contributed by atoms with Crippen LogP contribution in [0.25, 0.3) is 0 Å². The monoisotopic (exact) mass is 372 g/mol. The second-order valence-electron chi connectivity index (χ2n) is 5.89. The van der Waals surface area contributed by atoms with Gasteiger partial charge >= 0.3 is 5.97 Å². The van der Waals surface area contributed by atoms with Gasteiger partial charge in [-0.2, -0.15) is 0 Å². The highest BCUT2D eigenvalue weighted by Gasteiger charge is 2.30. The largest absolute Gasteiger partial charge is 0.466 e. The SMILES string of the molecule is CCOC(=O)C1CCN([C@H](C)C(=O)Nc2cc(Cl)cc(Cl)c2)CC1. The van der Waals surface area contributed by atoms with Crippen molar-refractivity contribution in [1.82, 2.24) is 4.90 Å². The van der Waals surface area contributed by atoms with Crippen LogP contribution in [0.15, 0.2) is 18.2 Å². The molecule has 1 N–H and O–H groups in total. The molecule has 0 unspecified atom stereocenters. The number of anilines is 1. The number of amides is 1. The molecule has 1 aliphatic rings. The molecule has 0 aromatic heterocycles. The fourth-order valence-electron chi connectivity index (χ4n) is 2.82. The van der Waals surface area contributed by atoms with Gasteiger partial charge in [-0.1, -0.05) is 23.2 Å². The third kappa shape index (κ3) is 5.10. The number of likely N-dealkylation sites (tertiary alicyclic amines) is 1. The maximum Gasteiger partial charge on any atom is 0.309 e. The summed E-state index contributed by atoms with van der Waals surface area (Å²) >= 11 is 11.9. The van der Waals surface area contributed by atoms with E-state index in [1.807, 2.05) is 13.8 Å². The van der Waals surface area contributed by atoms with Crippen LogP contribution in [0.3, 0.4) is 0 Å². The zero-order chi connectivity index (χ0) is 17.7. The summed E-state index contributed by atoms with van der Waals surface area (Å²) in [5.41, 5.74) is 0.575. The summed E-state index contributed by atoms with van der Waals surface area (Å²) < 4.78 is 5.06. The minimum atomic E-state index is -0.300. The molecular formula is C17H22Cl2N2O3. The number of carbonyl (C=O) groups is 2. The number of hydrogen-bond acceptors (Lipinski definition) is 4. The topological polar surface area (TPSA) is 58.6 Å². The first kappa shape index (κ1) is 19.0. The summed E-state index contributed by atoms with van der Waals surface area (Å²) in [6.45, 7) is 5.44. The third-order valence-corrected chi connectivity index (χ3v) is 4.64. The van der Waals surface area contributed by atoms with E-state index in [1.54, 1.807) is 18.2 Å². The Morgan fingerprint density at radius 2 is 1.83 bits per heavy atom. The number of piperidine rings is 1. The lowest BCUT2D eigenvalue weighted by molar-refractivity contribution is -0.149. The smallest absolute Gasteiger partial charge is 0.309 e. The first-order chi connectivity index (χ1) is 11.4. The Bertz CT molecular complexity index is 581. The second kappa shape index (κ2) is 8.70. The predicted octanol–water partition coefficient (Wildman–Crippen LogP) is 3.60. The van der Waals surface area contributed by atoms with Crippen LogP contribution in [0.4, 0.5) is 5.69 Å². The molecule has 1 saturated heterocycles.